The van der Waals surface area contributed by atoms with Crippen molar-refractivity contribution in [3.63, 3.8) is 0 Å². The number of likely N-dealkylation sites (tertiary alicyclic amines) is 2. The van der Waals surface area contributed by atoms with Crippen LogP contribution in [0.4, 0.5) is 0 Å². The van der Waals surface area contributed by atoms with Crippen molar-refractivity contribution in [2.75, 3.05) is 33.2 Å². The fraction of sp³-hybridized carbons (Fsp3) is 0.714. The summed E-state index contributed by atoms with van der Waals surface area (Å²) >= 11 is 0. The summed E-state index contributed by atoms with van der Waals surface area (Å²) in [5, 5.41) is 0. The zero-order valence-electron chi connectivity index (χ0n) is 21.6. The summed E-state index contributed by atoms with van der Waals surface area (Å²) in [6.07, 6.45) is 5.77. The molecule has 0 unspecified atom stereocenters. The first-order chi connectivity index (χ1) is 15.6. The van der Waals surface area contributed by atoms with Gasteiger partial charge in [0.1, 0.15) is 0 Å². The highest BCUT2D eigenvalue weighted by Crippen LogP contribution is 2.28. The molecular weight excluding hydrogens is 410 g/mol. The van der Waals surface area contributed by atoms with Crippen LogP contribution in [0.15, 0.2) is 30.3 Å². The molecule has 2 fully saturated rings. The molecule has 5 heteroatoms. The lowest BCUT2D eigenvalue weighted by Gasteiger charge is -2.42. The van der Waals surface area contributed by atoms with Crippen molar-refractivity contribution < 1.29 is 9.59 Å². The van der Waals surface area contributed by atoms with Gasteiger partial charge in [-0.15, -0.1) is 0 Å². The Morgan fingerprint density at radius 1 is 1.00 bits per heavy atom. The van der Waals surface area contributed by atoms with E-state index >= 15 is 0 Å². The van der Waals surface area contributed by atoms with E-state index in [-0.39, 0.29) is 17.2 Å². The van der Waals surface area contributed by atoms with E-state index in [4.69, 9.17) is 0 Å². The second-order valence-electron chi connectivity index (χ2n) is 11.7. The van der Waals surface area contributed by atoms with Gasteiger partial charge in [0.05, 0.1) is 0 Å². The molecule has 3 rings (SSSR count). The molecule has 0 spiro atoms. The Morgan fingerprint density at radius 2 is 1.61 bits per heavy atom. The molecular formula is C28H45N3O2. The third-order valence-corrected chi connectivity index (χ3v) is 7.34. The maximum atomic E-state index is 12.9. The van der Waals surface area contributed by atoms with Crippen LogP contribution in [-0.2, 0) is 16.1 Å². The Bertz CT molecular complexity index is 757. The van der Waals surface area contributed by atoms with Crippen LogP contribution < -0.4 is 0 Å². The minimum Gasteiger partial charge on any atom is -0.343 e. The zero-order chi connectivity index (χ0) is 24.0. The average Bonchev–Trinajstić information content (AvgIpc) is 2.78. The Labute approximate surface area is 201 Å². The Kier molecular flexibility index (Phi) is 8.97. The van der Waals surface area contributed by atoms with Crippen LogP contribution >= 0.6 is 0 Å². The predicted octanol–water partition coefficient (Wildman–Crippen LogP) is 4.81. The average molecular weight is 456 g/mol. The van der Waals surface area contributed by atoms with E-state index in [2.05, 4.69) is 49.6 Å². The molecule has 2 aliphatic heterocycles. The molecule has 5 nitrogen and oxygen atoms in total. The number of hydrogen-bond donors (Lipinski definition) is 0. The second kappa shape index (κ2) is 11.5. The molecule has 0 aliphatic carbocycles. The van der Waals surface area contributed by atoms with E-state index in [1.165, 1.54) is 5.56 Å². The van der Waals surface area contributed by atoms with Crippen molar-refractivity contribution in [3.05, 3.63) is 35.9 Å². The molecule has 33 heavy (non-hydrogen) atoms. The quantitative estimate of drug-likeness (QED) is 0.593. The summed E-state index contributed by atoms with van der Waals surface area (Å²) in [5.41, 5.74) is 1.45. The standard InChI is InChI=1S/C28H45N3O2/c1-22(20-28(2,3)4)19-26(32)31-17-13-25(14-18-31)30-15-11-24(12-16-30)27(33)29(5)21-23-9-7-6-8-10-23/h6-10,22,24-25H,11-21H2,1-5H3/t22-/m1/s1. The molecule has 0 radical (unpaired) electrons. The van der Waals surface area contributed by atoms with E-state index in [0.29, 0.717) is 30.8 Å². The van der Waals surface area contributed by atoms with Crippen LogP contribution in [0.25, 0.3) is 0 Å². The Morgan fingerprint density at radius 3 is 2.18 bits per heavy atom. The molecule has 0 bridgehead atoms. The monoisotopic (exact) mass is 455 g/mol. The highest BCUT2D eigenvalue weighted by Gasteiger charge is 2.33. The van der Waals surface area contributed by atoms with Crippen molar-refractivity contribution in [1.29, 1.82) is 0 Å². The lowest BCUT2D eigenvalue weighted by Crippen LogP contribution is -2.50. The maximum Gasteiger partial charge on any atom is 0.225 e. The smallest absolute Gasteiger partial charge is 0.225 e. The van der Waals surface area contributed by atoms with Gasteiger partial charge in [-0.05, 0) is 62.1 Å². The number of amides is 2. The summed E-state index contributed by atoms with van der Waals surface area (Å²) < 4.78 is 0. The SMILES string of the molecule is C[C@H](CC(=O)N1CCC(N2CCC(C(=O)N(C)Cc3ccccc3)CC2)CC1)CC(C)(C)C. The predicted molar refractivity (Wildman–Crippen MR) is 135 cm³/mol. The number of benzene rings is 1. The first kappa shape index (κ1) is 25.7. The van der Waals surface area contributed by atoms with Gasteiger partial charge >= 0.3 is 0 Å². The van der Waals surface area contributed by atoms with Crippen molar-refractivity contribution in [3.8, 4) is 0 Å². The number of nitrogens with zero attached hydrogens (tertiary/aromatic N) is 3. The Hall–Kier alpha value is -1.88. The normalized spacial score (nSPS) is 20.0. The van der Waals surface area contributed by atoms with Crippen molar-refractivity contribution >= 4 is 11.8 Å². The zero-order valence-corrected chi connectivity index (χ0v) is 21.6. The Balaban J connectivity index is 1.38. The first-order valence-electron chi connectivity index (χ1n) is 12.9. The molecule has 0 aromatic heterocycles. The van der Waals surface area contributed by atoms with E-state index in [0.717, 1.165) is 58.3 Å². The molecule has 0 saturated carbocycles. The lowest BCUT2D eigenvalue weighted by molar-refractivity contribution is -0.137. The molecule has 2 heterocycles. The van der Waals surface area contributed by atoms with Gasteiger partial charge in [-0.25, -0.2) is 0 Å². The molecule has 2 aliphatic rings. The number of carbonyl (C=O) groups is 2. The number of piperidine rings is 2. The van der Waals surface area contributed by atoms with E-state index < -0.39 is 0 Å². The topological polar surface area (TPSA) is 43.9 Å². The van der Waals surface area contributed by atoms with Gasteiger partial charge in [0.2, 0.25) is 11.8 Å². The summed E-state index contributed by atoms with van der Waals surface area (Å²) in [5.74, 6) is 1.19. The van der Waals surface area contributed by atoms with Gasteiger partial charge in [-0.2, -0.15) is 0 Å². The minimum absolute atomic E-state index is 0.140. The highest BCUT2D eigenvalue weighted by molar-refractivity contribution is 5.78. The molecule has 0 N–H and O–H groups in total. The number of rotatable bonds is 7. The number of carbonyl (C=O) groups excluding carboxylic acids is 2. The van der Waals surface area contributed by atoms with Gasteiger partial charge in [0, 0.05) is 45.1 Å². The molecule has 1 aromatic rings. The fourth-order valence-electron chi connectivity index (χ4n) is 5.78. The van der Waals surface area contributed by atoms with Crippen molar-refractivity contribution in [1.82, 2.24) is 14.7 Å². The highest BCUT2D eigenvalue weighted by atomic mass is 16.2. The third kappa shape index (κ3) is 7.84. The van der Waals surface area contributed by atoms with Gasteiger partial charge in [0.15, 0.2) is 0 Å². The van der Waals surface area contributed by atoms with Crippen LogP contribution in [0, 0.1) is 17.3 Å². The minimum atomic E-state index is 0.140. The van der Waals surface area contributed by atoms with Crippen LogP contribution in [0.2, 0.25) is 0 Å². The molecule has 1 aromatic carbocycles. The van der Waals surface area contributed by atoms with Crippen LogP contribution in [0.1, 0.15) is 71.8 Å². The van der Waals surface area contributed by atoms with Crippen LogP contribution in [-0.4, -0.2) is 65.8 Å². The lowest BCUT2D eigenvalue weighted by atomic mass is 9.84. The van der Waals surface area contributed by atoms with Gasteiger partial charge in [-0.3, -0.25) is 9.59 Å². The summed E-state index contributed by atoms with van der Waals surface area (Å²) in [6.45, 7) is 13.4. The van der Waals surface area contributed by atoms with Crippen molar-refractivity contribution in [2.24, 2.45) is 17.3 Å². The van der Waals surface area contributed by atoms with Crippen molar-refractivity contribution in [2.45, 2.75) is 78.8 Å². The number of hydrogen-bond acceptors (Lipinski definition) is 3. The van der Waals surface area contributed by atoms with E-state index in [1.54, 1.807) is 0 Å². The first-order valence-corrected chi connectivity index (χ1v) is 12.9. The van der Waals surface area contributed by atoms with Gasteiger partial charge in [-0.1, -0.05) is 58.0 Å². The van der Waals surface area contributed by atoms with Gasteiger partial charge < -0.3 is 14.7 Å². The van der Waals surface area contributed by atoms with Gasteiger partial charge in [0.25, 0.3) is 0 Å². The van der Waals surface area contributed by atoms with Crippen LogP contribution in [0.3, 0.4) is 0 Å². The molecule has 1 atom stereocenters. The molecule has 2 saturated heterocycles. The summed E-state index contributed by atoms with van der Waals surface area (Å²) in [6, 6.07) is 10.8. The largest absolute Gasteiger partial charge is 0.343 e. The van der Waals surface area contributed by atoms with E-state index in [1.807, 2.05) is 30.1 Å². The maximum absolute atomic E-state index is 12.9. The molecule has 184 valence electrons. The summed E-state index contributed by atoms with van der Waals surface area (Å²) in [4.78, 5) is 32.3. The summed E-state index contributed by atoms with van der Waals surface area (Å²) in [7, 11) is 1.93. The van der Waals surface area contributed by atoms with E-state index in [9.17, 15) is 9.59 Å². The second-order valence-corrected chi connectivity index (χ2v) is 11.7. The fourth-order valence-corrected chi connectivity index (χ4v) is 5.78. The molecule has 2 amide bonds. The third-order valence-electron chi connectivity index (χ3n) is 7.34. The van der Waals surface area contributed by atoms with Crippen LogP contribution in [0.5, 0.6) is 0 Å².